The summed E-state index contributed by atoms with van der Waals surface area (Å²) >= 11 is 0. The van der Waals surface area contributed by atoms with Gasteiger partial charge in [0.2, 0.25) is 0 Å². The van der Waals surface area contributed by atoms with E-state index in [0.717, 1.165) is 109 Å². The number of rotatable bonds is 44. The second-order valence-electron chi connectivity index (χ2n) is 18.1. The molecule has 1 fully saturated rings. The number of aliphatic hydroxyl groups excluding tert-OH is 2. The van der Waals surface area contributed by atoms with Gasteiger partial charge in [0.15, 0.2) is 24.6 Å². The maximum Gasteiger partial charge on any atom is 0.335 e. The van der Waals surface area contributed by atoms with Crippen molar-refractivity contribution in [1.29, 1.82) is 0 Å². The number of hydrogen-bond acceptors (Lipinski definition) is 11. The van der Waals surface area contributed by atoms with Gasteiger partial charge < -0.3 is 39.0 Å². The molecule has 0 radical (unpaired) electrons. The number of aliphatic carboxylic acids is 1. The average molecular weight is 1040 g/mol. The van der Waals surface area contributed by atoms with Crippen LogP contribution in [0.25, 0.3) is 0 Å². The summed E-state index contributed by atoms with van der Waals surface area (Å²) in [5.41, 5.74) is 0. The van der Waals surface area contributed by atoms with E-state index in [2.05, 4.69) is 130 Å². The molecular weight excluding hydrogens is 949 g/mol. The first-order valence-electron chi connectivity index (χ1n) is 27.8. The average Bonchev–Trinajstić information content (AvgIpc) is 3.39. The van der Waals surface area contributed by atoms with Gasteiger partial charge in [-0.2, -0.15) is 0 Å². The van der Waals surface area contributed by atoms with Crippen molar-refractivity contribution < 1.29 is 58.2 Å². The molecule has 1 aliphatic rings. The van der Waals surface area contributed by atoms with Crippen molar-refractivity contribution in [3.05, 3.63) is 146 Å². The number of hydrogen-bond donors (Lipinski definition) is 3. The van der Waals surface area contributed by atoms with Crippen molar-refractivity contribution in [2.75, 3.05) is 13.2 Å². The van der Waals surface area contributed by atoms with Gasteiger partial charge >= 0.3 is 23.9 Å². The van der Waals surface area contributed by atoms with Crippen molar-refractivity contribution in [2.45, 2.75) is 212 Å². The highest BCUT2D eigenvalue weighted by Gasteiger charge is 2.50. The van der Waals surface area contributed by atoms with Crippen molar-refractivity contribution in [3.63, 3.8) is 0 Å². The molecule has 12 nitrogen and oxygen atoms in total. The lowest BCUT2D eigenvalue weighted by Gasteiger charge is -2.40. The normalized spacial score (nSPS) is 19.3. The summed E-state index contributed by atoms with van der Waals surface area (Å²) in [7, 11) is 0. The van der Waals surface area contributed by atoms with Crippen LogP contribution in [0.4, 0.5) is 0 Å². The third kappa shape index (κ3) is 39.7. The summed E-state index contributed by atoms with van der Waals surface area (Å²) in [5, 5.41) is 31.4. The number of ether oxygens (including phenoxy) is 5. The van der Waals surface area contributed by atoms with Crippen molar-refractivity contribution in [2.24, 2.45) is 0 Å². The first-order valence-corrected chi connectivity index (χ1v) is 27.8. The number of carboxylic acid groups (broad SMARTS) is 1. The summed E-state index contributed by atoms with van der Waals surface area (Å²) < 4.78 is 28.1. The second kappa shape index (κ2) is 49.5. The lowest BCUT2D eigenvalue weighted by Crippen LogP contribution is -2.61. The number of esters is 3. The highest BCUT2D eigenvalue weighted by molar-refractivity contribution is 5.74. The molecule has 6 atom stereocenters. The van der Waals surface area contributed by atoms with E-state index in [1.54, 1.807) is 6.08 Å². The first kappa shape index (κ1) is 67.6. The van der Waals surface area contributed by atoms with Crippen LogP contribution in [0.1, 0.15) is 175 Å². The Hall–Kier alpha value is -5.40. The summed E-state index contributed by atoms with van der Waals surface area (Å²) in [6.07, 6.45) is 58.6. The standard InChI is InChI=1S/C63H94O12/c1-4-7-10-13-16-19-22-25-27-28-30-32-34-37-40-43-46-49-55(64)71-52-54(73-56(65)50-47-44-41-38-36-33-29-26-23-20-17-14-11-8-5-2)53-72-63-61(59(68)58(67)60(75-63)62(69)70)74-57(66)51-48-45-42-39-35-31-24-21-18-15-12-9-6-3/h7-8,10-12,15-17,19-21,24-27,29-30,32,36-38,40,44,47,54,58-61,63,67-68H,4-6,9,13-14,18,22-23,28,31,33-35,39,41-43,45-46,48-53H2,1-3H3,(H,69,70)/b10-7-,11-8-,15-12-,19-16-,20-17-,24-21-,27-25-,29-26-,32-30-,38-36-,40-37-,47-44-. The molecule has 75 heavy (non-hydrogen) atoms. The molecule has 6 unspecified atom stereocenters. The molecule has 0 aromatic carbocycles. The van der Waals surface area contributed by atoms with E-state index in [9.17, 15) is 34.5 Å². The van der Waals surface area contributed by atoms with Crippen LogP contribution in [-0.2, 0) is 42.9 Å². The Bertz CT molecular complexity index is 1860. The van der Waals surface area contributed by atoms with Crippen molar-refractivity contribution >= 4 is 23.9 Å². The molecule has 1 rings (SSSR count). The Morgan fingerprint density at radius 2 is 0.893 bits per heavy atom. The highest BCUT2D eigenvalue weighted by Crippen LogP contribution is 2.26. The van der Waals surface area contributed by atoms with Crippen LogP contribution in [-0.4, -0.2) is 89.2 Å². The quantitative estimate of drug-likeness (QED) is 0.0228. The molecule has 0 spiro atoms. The van der Waals surface area contributed by atoms with Crippen LogP contribution in [0.2, 0.25) is 0 Å². The van der Waals surface area contributed by atoms with Gasteiger partial charge in [0, 0.05) is 12.8 Å². The zero-order valence-electron chi connectivity index (χ0n) is 45.7. The Morgan fingerprint density at radius 3 is 1.39 bits per heavy atom. The third-order valence-electron chi connectivity index (χ3n) is 11.4. The lowest BCUT2D eigenvalue weighted by molar-refractivity contribution is -0.301. The van der Waals surface area contributed by atoms with Crippen LogP contribution in [0.3, 0.4) is 0 Å². The number of carbonyl (C=O) groups is 4. The molecule has 0 amide bonds. The summed E-state index contributed by atoms with van der Waals surface area (Å²) in [4.78, 5) is 50.9. The lowest BCUT2D eigenvalue weighted by atomic mass is 9.98. The van der Waals surface area contributed by atoms with Gasteiger partial charge in [-0.25, -0.2) is 4.79 Å². The van der Waals surface area contributed by atoms with E-state index in [-0.39, 0.29) is 19.3 Å². The minimum atomic E-state index is -1.94. The molecule has 0 aromatic heterocycles. The number of allylic oxidation sites excluding steroid dienone is 23. The fraction of sp³-hybridized carbons (Fsp3) is 0.556. The number of aliphatic hydroxyl groups is 2. The SMILES string of the molecule is CC/C=C\C/C=C\C/C=C\C/C=C\C/C=C\CCCC(=O)OCC(COC1OC(C(=O)O)C(O)C(O)C1OC(=O)CCCCCCC/C=C\C/C=C\CCC)OC(=O)C/C=C\C/C=C\C/C=C\C/C=C\C/C=C\CC. The number of unbranched alkanes of at least 4 members (excludes halogenated alkanes) is 7. The van der Waals surface area contributed by atoms with Crippen molar-refractivity contribution in [1.82, 2.24) is 0 Å². The van der Waals surface area contributed by atoms with Gasteiger partial charge in [0.1, 0.15) is 18.8 Å². The maximum atomic E-state index is 13.1. The molecule has 0 aliphatic carbocycles. The van der Waals surface area contributed by atoms with Crippen LogP contribution in [0.5, 0.6) is 0 Å². The van der Waals surface area contributed by atoms with Gasteiger partial charge in [-0.15, -0.1) is 0 Å². The Labute approximate surface area is 451 Å². The van der Waals surface area contributed by atoms with E-state index in [0.29, 0.717) is 25.7 Å². The van der Waals surface area contributed by atoms with E-state index in [1.165, 1.54) is 0 Å². The fourth-order valence-electron chi connectivity index (χ4n) is 7.22. The Kier molecular flexibility index (Phi) is 44.6. The van der Waals surface area contributed by atoms with Gasteiger partial charge in [-0.1, -0.05) is 192 Å². The van der Waals surface area contributed by atoms with Crippen LogP contribution >= 0.6 is 0 Å². The first-order chi connectivity index (χ1) is 36.6. The predicted octanol–water partition coefficient (Wildman–Crippen LogP) is 14.0. The molecule has 0 bridgehead atoms. The topological polar surface area (TPSA) is 175 Å². The largest absolute Gasteiger partial charge is 0.479 e. The fourth-order valence-corrected chi connectivity index (χ4v) is 7.22. The number of carbonyl (C=O) groups excluding carboxylic acids is 3. The second-order valence-corrected chi connectivity index (χ2v) is 18.1. The zero-order chi connectivity index (χ0) is 54.7. The molecule has 1 aliphatic heterocycles. The van der Waals surface area contributed by atoms with E-state index in [4.69, 9.17) is 23.7 Å². The molecule has 1 heterocycles. The minimum absolute atomic E-state index is 0.0193. The molecule has 1 saturated heterocycles. The Balaban J connectivity index is 2.83. The molecule has 12 heteroatoms. The summed E-state index contributed by atoms with van der Waals surface area (Å²) in [6.45, 7) is 5.52. The van der Waals surface area contributed by atoms with Gasteiger partial charge in [-0.3, -0.25) is 14.4 Å². The molecule has 0 aromatic rings. The summed E-state index contributed by atoms with van der Waals surface area (Å²) in [6, 6.07) is 0. The zero-order valence-corrected chi connectivity index (χ0v) is 45.7. The monoisotopic (exact) mass is 1040 g/mol. The van der Waals surface area contributed by atoms with Crippen LogP contribution in [0, 0.1) is 0 Å². The molecule has 3 N–H and O–H groups in total. The van der Waals surface area contributed by atoms with Gasteiger partial charge in [0.25, 0.3) is 0 Å². The van der Waals surface area contributed by atoms with E-state index in [1.807, 2.05) is 30.4 Å². The van der Waals surface area contributed by atoms with Crippen LogP contribution < -0.4 is 0 Å². The van der Waals surface area contributed by atoms with Crippen LogP contribution in [0.15, 0.2) is 146 Å². The highest BCUT2D eigenvalue weighted by atomic mass is 16.7. The molecule has 418 valence electrons. The minimum Gasteiger partial charge on any atom is -0.479 e. The smallest absolute Gasteiger partial charge is 0.335 e. The Morgan fingerprint density at radius 1 is 0.467 bits per heavy atom. The van der Waals surface area contributed by atoms with Gasteiger partial charge in [0.05, 0.1) is 13.0 Å². The van der Waals surface area contributed by atoms with E-state index < -0.39 is 73.9 Å². The summed E-state index contributed by atoms with van der Waals surface area (Å²) in [5.74, 6) is -3.42. The van der Waals surface area contributed by atoms with E-state index >= 15 is 0 Å². The third-order valence-corrected chi connectivity index (χ3v) is 11.4. The number of carboxylic acids is 1. The molecule has 0 saturated carbocycles. The molecular formula is C63H94O12. The predicted molar refractivity (Wildman–Crippen MR) is 302 cm³/mol. The van der Waals surface area contributed by atoms with Gasteiger partial charge in [-0.05, 0) is 109 Å². The van der Waals surface area contributed by atoms with Crippen molar-refractivity contribution in [3.8, 4) is 0 Å². The maximum absolute atomic E-state index is 13.1.